The number of imide groups is 1. The van der Waals surface area contributed by atoms with Gasteiger partial charge in [-0.1, -0.05) is 48.5 Å². The van der Waals surface area contributed by atoms with Gasteiger partial charge in [0.25, 0.3) is 11.8 Å². The van der Waals surface area contributed by atoms with E-state index in [1.165, 1.54) is 4.90 Å². The van der Waals surface area contributed by atoms with Crippen LogP contribution in [0.1, 0.15) is 39.2 Å². The third-order valence-corrected chi connectivity index (χ3v) is 6.21. The Morgan fingerprint density at radius 1 is 0.857 bits per heavy atom. The first-order valence-corrected chi connectivity index (χ1v) is 9.88. The average molecular weight is 384 g/mol. The van der Waals surface area contributed by atoms with Crippen molar-refractivity contribution in [3.63, 3.8) is 0 Å². The predicted molar refractivity (Wildman–Crippen MR) is 110 cm³/mol. The van der Waals surface area contributed by atoms with Crippen LogP contribution in [0.4, 0.5) is 0 Å². The molecule has 2 heterocycles. The van der Waals surface area contributed by atoms with Gasteiger partial charge in [0.15, 0.2) is 0 Å². The maximum Gasteiger partial charge on any atom is 0.262 e. The molecule has 1 aliphatic heterocycles. The molecule has 0 spiro atoms. The van der Waals surface area contributed by atoms with Crippen molar-refractivity contribution in [2.75, 3.05) is 0 Å². The predicted octanol–water partition coefficient (Wildman–Crippen LogP) is 5.32. The second-order valence-electron chi connectivity index (χ2n) is 6.81. The SMILES string of the molecule is C[C@@H](c1ccccc1)N1C(=O)c2ccc(-c3nc4ccccc4s3)cc2C1=O. The summed E-state index contributed by atoms with van der Waals surface area (Å²) in [6.45, 7) is 1.88. The number of carbonyl (C=O) groups excluding carboxylic acids is 2. The van der Waals surface area contributed by atoms with Gasteiger partial charge in [0.05, 0.1) is 27.4 Å². The van der Waals surface area contributed by atoms with E-state index in [9.17, 15) is 9.59 Å². The van der Waals surface area contributed by atoms with Gasteiger partial charge < -0.3 is 0 Å². The Labute approximate surface area is 166 Å². The zero-order valence-electron chi connectivity index (χ0n) is 15.1. The molecule has 0 aliphatic carbocycles. The highest BCUT2D eigenvalue weighted by molar-refractivity contribution is 7.21. The third-order valence-electron chi connectivity index (χ3n) is 5.13. The number of nitrogens with zero attached hydrogens (tertiary/aromatic N) is 2. The highest BCUT2D eigenvalue weighted by Gasteiger charge is 2.39. The van der Waals surface area contributed by atoms with Crippen LogP contribution in [0.2, 0.25) is 0 Å². The van der Waals surface area contributed by atoms with Crippen LogP contribution < -0.4 is 0 Å². The summed E-state index contributed by atoms with van der Waals surface area (Å²) in [4.78, 5) is 32.0. The maximum atomic E-state index is 13.1. The minimum atomic E-state index is -0.320. The fourth-order valence-corrected chi connectivity index (χ4v) is 4.58. The molecule has 0 saturated carbocycles. The van der Waals surface area contributed by atoms with Gasteiger partial charge in [0.2, 0.25) is 0 Å². The summed E-state index contributed by atoms with van der Waals surface area (Å²) in [5.74, 6) is -0.494. The molecule has 0 fully saturated rings. The normalized spacial score (nSPS) is 14.5. The van der Waals surface area contributed by atoms with E-state index in [1.807, 2.05) is 67.6 Å². The summed E-state index contributed by atoms with van der Waals surface area (Å²) in [5, 5.41) is 0.846. The van der Waals surface area contributed by atoms with E-state index in [0.717, 1.165) is 26.4 Å². The standard InChI is InChI=1S/C23H16N2O2S/c1-14(15-7-3-2-4-8-15)25-22(26)17-12-11-16(13-18(17)23(25)27)21-24-19-9-5-6-10-20(19)28-21/h2-14H,1H3/t14-/m0/s1. The molecule has 3 aromatic carbocycles. The molecule has 0 bridgehead atoms. The Morgan fingerprint density at radius 2 is 1.57 bits per heavy atom. The van der Waals surface area contributed by atoms with Gasteiger partial charge in [0.1, 0.15) is 5.01 Å². The van der Waals surface area contributed by atoms with Crippen LogP contribution in [0.5, 0.6) is 0 Å². The number of fused-ring (bicyclic) bond motifs is 2. The van der Waals surface area contributed by atoms with Gasteiger partial charge in [-0.05, 0) is 36.8 Å². The number of aromatic nitrogens is 1. The van der Waals surface area contributed by atoms with E-state index in [1.54, 1.807) is 23.5 Å². The molecule has 28 heavy (non-hydrogen) atoms. The molecule has 0 radical (unpaired) electrons. The minimum Gasteiger partial charge on any atom is -0.269 e. The lowest BCUT2D eigenvalue weighted by molar-refractivity contribution is 0.0595. The zero-order valence-corrected chi connectivity index (χ0v) is 15.9. The highest BCUT2D eigenvalue weighted by Crippen LogP contribution is 2.35. The van der Waals surface area contributed by atoms with Gasteiger partial charge in [-0.3, -0.25) is 14.5 Å². The Balaban J connectivity index is 1.54. The summed E-state index contributed by atoms with van der Waals surface area (Å²) in [6.07, 6.45) is 0. The molecule has 1 aliphatic rings. The van der Waals surface area contributed by atoms with Crippen molar-refractivity contribution < 1.29 is 9.59 Å². The largest absolute Gasteiger partial charge is 0.269 e. The van der Waals surface area contributed by atoms with E-state index >= 15 is 0 Å². The minimum absolute atomic E-state index is 0.243. The van der Waals surface area contributed by atoms with Crippen LogP contribution in [0, 0.1) is 0 Å². The van der Waals surface area contributed by atoms with Gasteiger partial charge in [-0.15, -0.1) is 11.3 Å². The van der Waals surface area contributed by atoms with E-state index in [-0.39, 0.29) is 17.9 Å². The zero-order chi connectivity index (χ0) is 19.3. The lowest BCUT2D eigenvalue weighted by atomic mass is 10.1. The first kappa shape index (κ1) is 16.8. The lowest BCUT2D eigenvalue weighted by Crippen LogP contribution is -2.32. The van der Waals surface area contributed by atoms with Crippen molar-refractivity contribution in [2.45, 2.75) is 13.0 Å². The van der Waals surface area contributed by atoms with Crippen LogP contribution in [0.25, 0.3) is 20.8 Å². The Bertz CT molecular complexity index is 1200. The first-order chi connectivity index (χ1) is 13.6. The first-order valence-electron chi connectivity index (χ1n) is 9.06. The molecule has 4 nitrogen and oxygen atoms in total. The van der Waals surface area contributed by atoms with Crippen molar-refractivity contribution in [1.82, 2.24) is 9.88 Å². The van der Waals surface area contributed by atoms with Crippen LogP contribution in [0.3, 0.4) is 0 Å². The van der Waals surface area contributed by atoms with E-state index < -0.39 is 0 Å². The van der Waals surface area contributed by atoms with Crippen molar-refractivity contribution in [3.05, 3.63) is 89.5 Å². The number of benzene rings is 3. The third kappa shape index (κ3) is 2.55. The Hall–Kier alpha value is -3.31. The van der Waals surface area contributed by atoms with E-state index in [4.69, 9.17) is 0 Å². The van der Waals surface area contributed by atoms with Crippen LogP contribution in [-0.4, -0.2) is 21.7 Å². The van der Waals surface area contributed by atoms with E-state index in [2.05, 4.69) is 4.98 Å². The number of hydrogen-bond acceptors (Lipinski definition) is 4. The second kappa shape index (κ2) is 6.39. The van der Waals surface area contributed by atoms with Crippen molar-refractivity contribution in [2.24, 2.45) is 0 Å². The van der Waals surface area contributed by atoms with Crippen molar-refractivity contribution in [3.8, 4) is 10.6 Å². The molecule has 4 aromatic rings. The Kier molecular flexibility index (Phi) is 3.84. The number of thiazole rings is 1. The van der Waals surface area contributed by atoms with Gasteiger partial charge in [-0.2, -0.15) is 0 Å². The summed E-state index contributed by atoms with van der Waals surface area (Å²) in [5.41, 5.74) is 3.63. The van der Waals surface area contributed by atoms with Crippen molar-refractivity contribution in [1.29, 1.82) is 0 Å². The molecule has 1 aromatic heterocycles. The number of rotatable bonds is 3. The summed E-state index contributed by atoms with van der Waals surface area (Å²) < 4.78 is 1.10. The maximum absolute atomic E-state index is 13.1. The quantitative estimate of drug-likeness (QED) is 0.449. The average Bonchev–Trinajstić information content (AvgIpc) is 3.27. The van der Waals surface area contributed by atoms with Crippen LogP contribution in [-0.2, 0) is 0 Å². The fraction of sp³-hybridized carbons (Fsp3) is 0.0870. The molecule has 5 rings (SSSR count). The monoisotopic (exact) mass is 384 g/mol. The smallest absolute Gasteiger partial charge is 0.262 e. The molecule has 0 saturated heterocycles. The molecular weight excluding hydrogens is 368 g/mol. The van der Waals surface area contributed by atoms with E-state index in [0.29, 0.717) is 11.1 Å². The summed E-state index contributed by atoms with van der Waals surface area (Å²) in [6, 6.07) is 22.6. The number of amides is 2. The van der Waals surface area contributed by atoms with Gasteiger partial charge >= 0.3 is 0 Å². The molecular formula is C23H16N2O2S. The second-order valence-corrected chi connectivity index (χ2v) is 7.84. The molecule has 0 N–H and O–H groups in total. The van der Waals surface area contributed by atoms with Crippen LogP contribution >= 0.6 is 11.3 Å². The number of carbonyl (C=O) groups is 2. The Morgan fingerprint density at radius 3 is 2.36 bits per heavy atom. The lowest BCUT2D eigenvalue weighted by Gasteiger charge is -2.22. The molecule has 136 valence electrons. The van der Waals surface area contributed by atoms with Crippen molar-refractivity contribution >= 4 is 33.4 Å². The molecule has 5 heteroatoms. The van der Waals surface area contributed by atoms with Crippen LogP contribution in [0.15, 0.2) is 72.8 Å². The summed E-state index contributed by atoms with van der Waals surface area (Å²) in [7, 11) is 0. The number of hydrogen-bond donors (Lipinski definition) is 0. The highest BCUT2D eigenvalue weighted by atomic mass is 32.1. The molecule has 2 amide bonds. The molecule has 1 atom stereocenters. The van der Waals surface area contributed by atoms with Gasteiger partial charge in [-0.25, -0.2) is 4.98 Å². The van der Waals surface area contributed by atoms with Gasteiger partial charge in [0, 0.05) is 5.56 Å². The topological polar surface area (TPSA) is 50.3 Å². The molecule has 0 unspecified atom stereocenters. The number of para-hydroxylation sites is 1. The summed E-state index contributed by atoms with van der Waals surface area (Å²) >= 11 is 1.58. The fourth-order valence-electron chi connectivity index (χ4n) is 3.62.